The van der Waals surface area contributed by atoms with Crippen molar-refractivity contribution >= 4 is 0 Å². The van der Waals surface area contributed by atoms with Crippen LogP contribution in [0.4, 0.5) is 0 Å². The molecule has 0 N–H and O–H groups in total. The minimum atomic E-state index is 0. The van der Waals surface area contributed by atoms with Gasteiger partial charge in [-0.15, -0.1) is 0 Å². The molecule has 0 nitrogen and oxygen atoms in total. The maximum atomic E-state index is 2.38. The van der Waals surface area contributed by atoms with Crippen molar-refractivity contribution in [2.24, 2.45) is 5.92 Å². The summed E-state index contributed by atoms with van der Waals surface area (Å²) in [5, 5.41) is 0. The first kappa shape index (κ1) is 28.5. The first-order chi connectivity index (χ1) is 12.2. The monoisotopic (exact) mass is 482 g/mol. The Morgan fingerprint density at radius 3 is 1.24 bits per heavy atom. The molecule has 1 atom stereocenters. The molecule has 0 heterocycles. The van der Waals surface area contributed by atoms with Gasteiger partial charge in [-0.25, -0.2) is 0 Å². The summed E-state index contributed by atoms with van der Waals surface area (Å²) in [7, 11) is 0. The van der Waals surface area contributed by atoms with E-state index in [9.17, 15) is 0 Å². The van der Waals surface area contributed by atoms with Gasteiger partial charge in [0.2, 0.25) is 0 Å². The normalized spacial score (nSPS) is 15.9. The predicted octanol–water partition coefficient (Wildman–Crippen LogP) is -2.15. The van der Waals surface area contributed by atoms with Crippen LogP contribution in [0.25, 0.3) is 0 Å². The summed E-state index contributed by atoms with van der Waals surface area (Å²) in [5.74, 6) is 0.830. The van der Waals surface area contributed by atoms with E-state index in [1.54, 1.807) is 5.57 Å². The van der Waals surface area contributed by atoms with Gasteiger partial charge < -0.3 is 37.2 Å². The van der Waals surface area contributed by atoms with E-state index >= 15 is 0 Å². The molecule has 0 aromatic heterocycles. The van der Waals surface area contributed by atoms with Crippen LogP contribution in [0, 0.1) is 33.6 Å². The van der Waals surface area contributed by atoms with Gasteiger partial charge in [0.1, 0.15) is 0 Å². The molecule has 1 aliphatic carbocycles. The number of rotatable bonds is 3. The van der Waals surface area contributed by atoms with Gasteiger partial charge in [-0.2, -0.15) is 0 Å². The Morgan fingerprint density at radius 1 is 0.621 bits per heavy atom. The van der Waals surface area contributed by atoms with Crippen LogP contribution in [-0.2, 0) is 20.4 Å². The molecular formula is C25H29Cl3Ti. The third kappa shape index (κ3) is 5.81. The first-order valence-electron chi connectivity index (χ1n) is 9.48. The number of halogens is 3. The van der Waals surface area contributed by atoms with E-state index in [0.29, 0.717) is 11.8 Å². The fourth-order valence-corrected chi connectivity index (χ4v) is 5.13. The molecule has 0 radical (unpaired) electrons. The fourth-order valence-electron chi connectivity index (χ4n) is 4.59. The maximum Gasteiger partial charge on any atom is -1.00 e. The molecule has 0 fully saturated rings. The summed E-state index contributed by atoms with van der Waals surface area (Å²) in [5.41, 5.74) is 12.8. The molecule has 0 aliphatic heterocycles. The van der Waals surface area contributed by atoms with Gasteiger partial charge in [0, 0.05) is 0 Å². The standard InChI is InChI=1S/C25H29.3ClH.Ti/c1-15-8-16(2)11-22(10-15)25(23-12-17(3)9-18(4)13-23)24-20(6)14-19(5)21(24)7;;;;/h8-13,20,25H,1-7H3;3*1H;/q;;;;+3/p-3. The largest absolute Gasteiger partial charge is 1.00 e. The topological polar surface area (TPSA) is 0 Å². The quantitative estimate of drug-likeness (QED) is 0.437. The summed E-state index contributed by atoms with van der Waals surface area (Å²) < 4.78 is 1.52. The molecule has 4 heteroatoms. The number of hydrogen-bond donors (Lipinski definition) is 0. The van der Waals surface area contributed by atoms with E-state index in [1.165, 1.54) is 48.4 Å². The van der Waals surface area contributed by atoms with Crippen molar-refractivity contribution in [3.05, 3.63) is 90.4 Å². The van der Waals surface area contributed by atoms with Gasteiger partial charge in [0.25, 0.3) is 0 Å². The van der Waals surface area contributed by atoms with Crippen LogP contribution < -0.4 is 37.2 Å². The molecule has 0 bridgehead atoms. The van der Waals surface area contributed by atoms with Crippen molar-refractivity contribution in [3.8, 4) is 0 Å². The minimum Gasteiger partial charge on any atom is -1.00 e. The summed E-state index contributed by atoms with van der Waals surface area (Å²) in [6.45, 7) is 15.8. The maximum absolute atomic E-state index is 2.38. The van der Waals surface area contributed by atoms with Crippen molar-refractivity contribution in [3.63, 3.8) is 0 Å². The van der Waals surface area contributed by atoms with E-state index in [0.717, 1.165) is 0 Å². The van der Waals surface area contributed by atoms with Crippen molar-refractivity contribution < 1.29 is 57.7 Å². The van der Waals surface area contributed by atoms with E-state index in [4.69, 9.17) is 0 Å². The second-order valence-electron chi connectivity index (χ2n) is 8.12. The zero-order valence-corrected chi connectivity index (χ0v) is 22.1. The Morgan fingerprint density at radius 2 is 0.966 bits per heavy atom. The van der Waals surface area contributed by atoms with Crippen LogP contribution in [-0.4, -0.2) is 0 Å². The van der Waals surface area contributed by atoms with Gasteiger partial charge in [-0.1, -0.05) is 0 Å². The Hall–Kier alpha value is -0.496. The molecule has 0 amide bonds. The predicted molar refractivity (Wildman–Crippen MR) is 108 cm³/mol. The van der Waals surface area contributed by atoms with Crippen LogP contribution >= 0.6 is 0 Å². The smallest absolute Gasteiger partial charge is 1.00 e. The Bertz CT molecular complexity index is 849. The molecule has 2 aromatic rings. The summed E-state index contributed by atoms with van der Waals surface area (Å²) in [6.07, 6.45) is 0. The molecule has 0 saturated heterocycles. The molecule has 1 aliphatic rings. The van der Waals surface area contributed by atoms with Crippen molar-refractivity contribution in [1.29, 1.82) is 0 Å². The Balaban J connectivity index is 0.00000261. The Labute approximate surface area is 207 Å². The molecule has 154 valence electrons. The third-order valence-corrected chi connectivity index (χ3v) is 7.03. The van der Waals surface area contributed by atoms with Gasteiger partial charge in [0.15, 0.2) is 0 Å². The molecule has 2 aromatic carbocycles. The SMILES string of the molecule is CC1=[C]([Ti+3])C(C)C(C(c2cc(C)cc(C)c2)c2cc(C)cc(C)c2)=C1C.[Cl-].[Cl-].[Cl-]. The van der Waals surface area contributed by atoms with E-state index in [-0.39, 0.29) is 37.2 Å². The van der Waals surface area contributed by atoms with Crippen molar-refractivity contribution in [1.82, 2.24) is 0 Å². The van der Waals surface area contributed by atoms with Crippen molar-refractivity contribution in [2.45, 2.75) is 54.4 Å². The third-order valence-electron chi connectivity index (χ3n) is 5.76. The second-order valence-corrected chi connectivity index (χ2v) is 8.96. The van der Waals surface area contributed by atoms with Crippen LogP contribution in [0.2, 0.25) is 0 Å². The average Bonchev–Trinajstić information content (AvgIpc) is 2.71. The molecule has 0 saturated carbocycles. The summed E-state index contributed by atoms with van der Waals surface area (Å²) >= 11 is 2.30. The van der Waals surface area contributed by atoms with E-state index < -0.39 is 0 Å². The van der Waals surface area contributed by atoms with E-state index in [2.05, 4.69) is 105 Å². The van der Waals surface area contributed by atoms with Gasteiger partial charge in [-0.3, -0.25) is 0 Å². The zero-order chi connectivity index (χ0) is 19.2. The molecule has 1 unspecified atom stereocenters. The van der Waals surface area contributed by atoms with Crippen LogP contribution in [0.5, 0.6) is 0 Å². The minimum absolute atomic E-state index is 0. The molecular weight excluding hydrogens is 455 g/mol. The zero-order valence-electron chi connectivity index (χ0n) is 18.3. The van der Waals surface area contributed by atoms with Gasteiger partial charge in [-0.05, 0) is 0 Å². The van der Waals surface area contributed by atoms with E-state index in [1.807, 2.05) is 0 Å². The van der Waals surface area contributed by atoms with Crippen LogP contribution in [0.1, 0.15) is 60.1 Å². The average molecular weight is 484 g/mol. The van der Waals surface area contributed by atoms with Crippen LogP contribution in [0.3, 0.4) is 0 Å². The van der Waals surface area contributed by atoms with Gasteiger partial charge >= 0.3 is 171 Å². The summed E-state index contributed by atoms with van der Waals surface area (Å²) in [4.78, 5) is 0. The molecule has 29 heavy (non-hydrogen) atoms. The number of allylic oxidation sites excluding steroid dienone is 4. The number of aryl methyl sites for hydroxylation is 4. The van der Waals surface area contributed by atoms with Crippen LogP contribution in [0.15, 0.2) is 57.0 Å². The first-order valence-corrected chi connectivity index (χ1v) is 10.3. The number of hydrogen-bond acceptors (Lipinski definition) is 0. The second kappa shape index (κ2) is 11.2. The molecule has 3 rings (SSSR count). The molecule has 0 spiro atoms. The van der Waals surface area contributed by atoms with Crippen molar-refractivity contribution in [2.75, 3.05) is 0 Å². The summed E-state index contributed by atoms with van der Waals surface area (Å²) in [6, 6.07) is 14.1. The Kier molecular flexibility index (Phi) is 11.0. The van der Waals surface area contributed by atoms with Gasteiger partial charge in [0.05, 0.1) is 0 Å². The fraction of sp³-hybridized carbons (Fsp3) is 0.360. The number of benzene rings is 2.